The molecule has 1 aliphatic rings. The van der Waals surface area contributed by atoms with Gasteiger partial charge < -0.3 is 15.8 Å². The Labute approximate surface area is 123 Å². The molecule has 0 spiro atoms. The molecule has 5 heteroatoms. The van der Waals surface area contributed by atoms with Crippen molar-refractivity contribution in [2.45, 2.75) is 12.5 Å². The third-order valence-electron chi connectivity index (χ3n) is 3.37. The van der Waals surface area contributed by atoms with Crippen molar-refractivity contribution in [3.05, 3.63) is 53.9 Å². The van der Waals surface area contributed by atoms with Gasteiger partial charge in [0, 0.05) is 23.7 Å². The van der Waals surface area contributed by atoms with Gasteiger partial charge in [-0.25, -0.2) is 0 Å². The van der Waals surface area contributed by atoms with E-state index in [-0.39, 0.29) is 6.04 Å². The SMILES string of the molecule is NC(=S)c1ccncc1NC1CCOc2ccccc21. The van der Waals surface area contributed by atoms with Gasteiger partial charge >= 0.3 is 0 Å². The standard InChI is InChI=1S/C15H15N3OS/c16-15(20)11-5-7-17-9-13(11)18-12-6-8-19-14-4-2-1-3-10(12)14/h1-5,7,9,12,18H,6,8H2,(H2,16,20). The molecule has 102 valence electrons. The topological polar surface area (TPSA) is 60.2 Å². The zero-order valence-corrected chi connectivity index (χ0v) is 11.7. The third kappa shape index (κ3) is 2.44. The van der Waals surface area contributed by atoms with Crippen LogP contribution in [-0.4, -0.2) is 16.6 Å². The fraction of sp³-hybridized carbons (Fsp3) is 0.200. The molecule has 2 aromatic rings. The number of hydrogen-bond acceptors (Lipinski definition) is 4. The summed E-state index contributed by atoms with van der Waals surface area (Å²) in [5, 5.41) is 3.48. The molecule has 0 fully saturated rings. The summed E-state index contributed by atoms with van der Waals surface area (Å²) in [6.07, 6.45) is 4.34. The van der Waals surface area contributed by atoms with E-state index in [1.807, 2.05) is 24.3 Å². The number of thiocarbonyl (C=S) groups is 1. The van der Waals surface area contributed by atoms with Crippen molar-refractivity contribution in [2.24, 2.45) is 5.73 Å². The van der Waals surface area contributed by atoms with Gasteiger partial charge in [-0.15, -0.1) is 0 Å². The van der Waals surface area contributed by atoms with E-state index in [2.05, 4.69) is 16.4 Å². The lowest BCUT2D eigenvalue weighted by Gasteiger charge is -2.28. The van der Waals surface area contributed by atoms with Gasteiger partial charge in [-0.3, -0.25) is 4.98 Å². The third-order valence-corrected chi connectivity index (χ3v) is 3.59. The Kier molecular flexibility index (Phi) is 3.52. The van der Waals surface area contributed by atoms with Gasteiger partial charge in [0.2, 0.25) is 0 Å². The van der Waals surface area contributed by atoms with Crippen molar-refractivity contribution in [3.63, 3.8) is 0 Å². The van der Waals surface area contributed by atoms with Crippen LogP contribution in [0.25, 0.3) is 0 Å². The maximum atomic E-state index is 5.75. The molecular formula is C15H15N3OS. The van der Waals surface area contributed by atoms with Crippen LogP contribution in [0.5, 0.6) is 5.75 Å². The van der Waals surface area contributed by atoms with Crippen molar-refractivity contribution in [1.82, 2.24) is 4.98 Å². The predicted molar refractivity (Wildman–Crippen MR) is 83.0 cm³/mol. The molecule has 20 heavy (non-hydrogen) atoms. The first kappa shape index (κ1) is 12.9. The first-order valence-corrected chi connectivity index (χ1v) is 6.88. The second-order valence-electron chi connectivity index (χ2n) is 4.66. The zero-order chi connectivity index (χ0) is 13.9. The number of hydrogen-bond donors (Lipinski definition) is 2. The maximum Gasteiger partial charge on any atom is 0.124 e. The van der Waals surface area contributed by atoms with Crippen LogP contribution in [0, 0.1) is 0 Å². The van der Waals surface area contributed by atoms with E-state index < -0.39 is 0 Å². The van der Waals surface area contributed by atoms with Gasteiger partial charge in [0.15, 0.2) is 0 Å². The molecule has 0 radical (unpaired) electrons. The number of nitrogens with one attached hydrogen (secondary N) is 1. The normalized spacial score (nSPS) is 16.9. The Morgan fingerprint density at radius 1 is 1.35 bits per heavy atom. The minimum Gasteiger partial charge on any atom is -0.493 e. The maximum absolute atomic E-state index is 5.75. The smallest absolute Gasteiger partial charge is 0.124 e. The summed E-state index contributed by atoms with van der Waals surface area (Å²) in [7, 11) is 0. The lowest BCUT2D eigenvalue weighted by atomic mass is 10.00. The molecule has 3 rings (SSSR count). The highest BCUT2D eigenvalue weighted by Gasteiger charge is 2.21. The largest absolute Gasteiger partial charge is 0.493 e. The van der Waals surface area contributed by atoms with Crippen molar-refractivity contribution in [1.29, 1.82) is 0 Å². The van der Waals surface area contributed by atoms with Crippen molar-refractivity contribution < 1.29 is 4.74 Å². The van der Waals surface area contributed by atoms with E-state index >= 15 is 0 Å². The number of fused-ring (bicyclic) bond motifs is 1. The van der Waals surface area contributed by atoms with E-state index in [1.54, 1.807) is 12.4 Å². The fourth-order valence-electron chi connectivity index (χ4n) is 2.40. The van der Waals surface area contributed by atoms with Gasteiger partial charge in [0.1, 0.15) is 10.7 Å². The molecule has 2 heterocycles. The monoisotopic (exact) mass is 285 g/mol. The van der Waals surface area contributed by atoms with Crippen LogP contribution >= 0.6 is 12.2 Å². The van der Waals surface area contributed by atoms with Crippen molar-refractivity contribution >= 4 is 22.9 Å². The van der Waals surface area contributed by atoms with Crippen LogP contribution in [0.1, 0.15) is 23.6 Å². The average molecular weight is 285 g/mol. The molecule has 0 saturated carbocycles. The molecule has 4 nitrogen and oxygen atoms in total. The molecule has 1 atom stereocenters. The highest BCUT2D eigenvalue weighted by Crippen LogP contribution is 2.34. The van der Waals surface area contributed by atoms with Gasteiger partial charge in [-0.05, 0) is 12.1 Å². The summed E-state index contributed by atoms with van der Waals surface area (Å²) in [6.45, 7) is 0.692. The summed E-state index contributed by atoms with van der Waals surface area (Å²) < 4.78 is 5.66. The van der Waals surface area contributed by atoms with Crippen LogP contribution in [0.2, 0.25) is 0 Å². The molecule has 1 aromatic carbocycles. The zero-order valence-electron chi connectivity index (χ0n) is 10.9. The summed E-state index contributed by atoms with van der Waals surface area (Å²) in [5.41, 5.74) is 8.58. The van der Waals surface area contributed by atoms with Crippen LogP contribution < -0.4 is 15.8 Å². The highest BCUT2D eigenvalue weighted by molar-refractivity contribution is 7.80. The minimum absolute atomic E-state index is 0.178. The van der Waals surface area contributed by atoms with Crippen LogP contribution in [0.3, 0.4) is 0 Å². The first-order chi connectivity index (χ1) is 9.75. The summed E-state index contributed by atoms with van der Waals surface area (Å²) in [4.78, 5) is 4.51. The van der Waals surface area contributed by atoms with E-state index in [0.717, 1.165) is 29.0 Å². The molecule has 3 N–H and O–H groups in total. The highest BCUT2D eigenvalue weighted by atomic mass is 32.1. The van der Waals surface area contributed by atoms with E-state index in [1.165, 1.54) is 0 Å². The van der Waals surface area contributed by atoms with E-state index in [9.17, 15) is 0 Å². The number of para-hydroxylation sites is 1. The number of rotatable bonds is 3. The van der Waals surface area contributed by atoms with Crippen LogP contribution in [0.15, 0.2) is 42.7 Å². The molecule has 0 amide bonds. The molecule has 0 aliphatic carbocycles. The molecule has 0 saturated heterocycles. The quantitative estimate of drug-likeness (QED) is 0.849. The number of anilines is 1. The lowest BCUT2D eigenvalue weighted by molar-refractivity contribution is 0.274. The average Bonchev–Trinajstić information content (AvgIpc) is 2.48. The van der Waals surface area contributed by atoms with E-state index in [4.69, 9.17) is 22.7 Å². The van der Waals surface area contributed by atoms with Crippen molar-refractivity contribution in [3.8, 4) is 5.75 Å². The number of aromatic nitrogens is 1. The fourth-order valence-corrected chi connectivity index (χ4v) is 2.58. The summed E-state index contributed by atoms with van der Waals surface area (Å²) in [5.74, 6) is 0.928. The first-order valence-electron chi connectivity index (χ1n) is 6.48. The molecule has 1 unspecified atom stereocenters. The summed E-state index contributed by atoms with van der Waals surface area (Å²) >= 11 is 5.08. The molecule has 1 aromatic heterocycles. The Hall–Kier alpha value is -2.14. The van der Waals surface area contributed by atoms with Gasteiger partial charge in [-0.2, -0.15) is 0 Å². The molecular weight excluding hydrogens is 270 g/mol. The Morgan fingerprint density at radius 2 is 2.20 bits per heavy atom. The number of nitrogens with zero attached hydrogens (tertiary/aromatic N) is 1. The number of ether oxygens (including phenoxy) is 1. The number of nitrogens with two attached hydrogens (primary N) is 1. The minimum atomic E-state index is 0.178. The Bertz CT molecular complexity index is 645. The Balaban J connectivity index is 1.92. The van der Waals surface area contributed by atoms with Crippen LogP contribution in [0.4, 0.5) is 5.69 Å². The molecule has 1 aliphatic heterocycles. The Morgan fingerprint density at radius 3 is 3.05 bits per heavy atom. The summed E-state index contributed by atoms with van der Waals surface area (Å²) in [6, 6.07) is 10.1. The second-order valence-corrected chi connectivity index (χ2v) is 5.10. The predicted octanol–water partition coefficient (Wildman–Crippen LogP) is 2.65. The lowest BCUT2D eigenvalue weighted by Crippen LogP contribution is -2.22. The van der Waals surface area contributed by atoms with Gasteiger partial charge in [0.25, 0.3) is 0 Å². The van der Waals surface area contributed by atoms with Gasteiger partial charge in [-0.1, -0.05) is 30.4 Å². The number of benzene rings is 1. The second kappa shape index (κ2) is 5.46. The van der Waals surface area contributed by atoms with Crippen molar-refractivity contribution in [2.75, 3.05) is 11.9 Å². The van der Waals surface area contributed by atoms with E-state index in [0.29, 0.717) is 11.6 Å². The van der Waals surface area contributed by atoms with Gasteiger partial charge in [0.05, 0.1) is 24.5 Å². The number of pyridine rings is 1. The van der Waals surface area contributed by atoms with Crippen LogP contribution in [-0.2, 0) is 0 Å². The molecule has 0 bridgehead atoms.